The number of ether oxygens (including phenoxy) is 2. The predicted molar refractivity (Wildman–Crippen MR) is 176 cm³/mol. The van der Waals surface area contributed by atoms with Crippen LogP contribution < -0.4 is 10.6 Å². The highest BCUT2D eigenvalue weighted by Gasteiger charge is 2.44. The number of benzene rings is 2. The van der Waals surface area contributed by atoms with Crippen molar-refractivity contribution in [2.75, 3.05) is 27.6 Å². The number of allylic oxidation sites excluding steroid dienone is 6. The van der Waals surface area contributed by atoms with Gasteiger partial charge in [0.15, 0.2) is 11.6 Å². The Kier molecular flexibility index (Phi) is 11.8. The molecule has 0 bridgehead atoms. The number of ketones is 2. The van der Waals surface area contributed by atoms with Gasteiger partial charge in [-0.15, -0.1) is 0 Å². The Hall–Kier alpha value is -5.28. The first-order valence-electron chi connectivity index (χ1n) is 16.7. The van der Waals surface area contributed by atoms with Crippen molar-refractivity contribution in [2.45, 2.75) is 63.7 Å². The van der Waals surface area contributed by atoms with E-state index in [1.54, 1.807) is 0 Å². The number of nitrogens with one attached hydrogen (secondary N) is 2. The van der Waals surface area contributed by atoms with Gasteiger partial charge in [-0.2, -0.15) is 0 Å². The zero-order valence-electron chi connectivity index (χ0n) is 29.3. The van der Waals surface area contributed by atoms with Crippen LogP contribution in [0.4, 0.5) is 35.1 Å². The molecule has 2 heterocycles. The number of dihydropyridines is 2. The first kappa shape index (κ1) is 39.9. The van der Waals surface area contributed by atoms with E-state index in [4.69, 9.17) is 9.47 Å². The van der Waals surface area contributed by atoms with E-state index in [-0.39, 0.29) is 82.1 Å². The van der Waals surface area contributed by atoms with Crippen molar-refractivity contribution in [2.24, 2.45) is 0 Å². The third-order valence-corrected chi connectivity index (χ3v) is 9.61. The summed E-state index contributed by atoms with van der Waals surface area (Å²) in [4.78, 5) is 49.6. The number of Topliss-reactive ketones (excluding diaryl/α,β-unsaturated/α-hetero) is 2. The molecule has 0 unspecified atom stereocenters. The van der Waals surface area contributed by atoms with Gasteiger partial charge in [0.05, 0.1) is 36.8 Å². The van der Waals surface area contributed by atoms with Crippen molar-refractivity contribution in [3.05, 3.63) is 115 Å². The summed E-state index contributed by atoms with van der Waals surface area (Å²) in [7, 11) is 2.13. The Bertz CT molecular complexity index is 1920. The second-order valence-corrected chi connectivity index (χ2v) is 12.8. The molecular weight excluding hydrogens is 732 g/mol. The first-order valence-corrected chi connectivity index (χ1v) is 16.7. The SMILES string of the molecule is COC(=O)C1=C(CF)NC2=C(C(=O)CC2)[C@H]1c1cc(F)cc(F)c1[C@@H](C)F.COC(=O)C1=C(CF)NC2=C(C(=O)CC2)[C@H]1c1cc(F)cc(F)c1[C@H](C)F. The first-order chi connectivity index (χ1) is 25.6. The largest absolute Gasteiger partial charge is 0.466 e. The third kappa shape index (κ3) is 7.17. The number of rotatable bonds is 8. The molecule has 2 N–H and O–H groups in total. The molecular formula is C38H34F8N2O6. The summed E-state index contributed by atoms with van der Waals surface area (Å²) in [6, 6.07) is 2.80. The smallest absolute Gasteiger partial charge is 0.336 e. The fraction of sp³-hybridized carbons (Fsp3) is 0.368. The number of carbonyl (C=O) groups is 4. The lowest BCUT2D eigenvalue weighted by atomic mass is 9.77. The number of methoxy groups -OCH3 is 2. The highest BCUT2D eigenvalue weighted by Crippen LogP contribution is 2.48. The minimum atomic E-state index is -1.84. The maximum absolute atomic E-state index is 14.3. The molecule has 0 amide bonds. The molecule has 0 aromatic heterocycles. The monoisotopic (exact) mass is 766 g/mol. The van der Waals surface area contributed by atoms with Gasteiger partial charge in [0.1, 0.15) is 49.0 Å². The van der Waals surface area contributed by atoms with Crippen LogP contribution in [0.5, 0.6) is 0 Å². The summed E-state index contributed by atoms with van der Waals surface area (Å²) in [5.41, 5.74) is -1.41. The van der Waals surface area contributed by atoms with Gasteiger partial charge in [-0.3, -0.25) is 9.59 Å². The van der Waals surface area contributed by atoms with Gasteiger partial charge in [0.25, 0.3) is 0 Å². The van der Waals surface area contributed by atoms with Gasteiger partial charge in [0.2, 0.25) is 0 Å². The van der Waals surface area contributed by atoms with E-state index in [0.29, 0.717) is 23.5 Å². The van der Waals surface area contributed by atoms with Crippen LogP contribution in [0.3, 0.4) is 0 Å². The Balaban J connectivity index is 0.000000208. The van der Waals surface area contributed by atoms with Crippen LogP contribution in [0.2, 0.25) is 0 Å². The van der Waals surface area contributed by atoms with E-state index in [1.165, 1.54) is 0 Å². The Morgan fingerprint density at radius 1 is 0.667 bits per heavy atom. The molecule has 288 valence electrons. The molecule has 0 saturated carbocycles. The number of esters is 2. The standard InChI is InChI=1S/2C19H17F4NO3/c2*1-8(21)15-10(5-9(22)6-11(15)23)16-17-12(3-4-14(17)25)24-13(7-20)18(16)19(26)27-2/h2*5-6,8,16,24H,3-4,7H2,1-2H3/t8-,16+;8-,16-/m01/s1. The van der Waals surface area contributed by atoms with Crippen molar-refractivity contribution in [1.29, 1.82) is 0 Å². The highest BCUT2D eigenvalue weighted by molar-refractivity contribution is 6.06. The fourth-order valence-electron chi connectivity index (χ4n) is 7.48. The van der Waals surface area contributed by atoms with E-state index in [2.05, 4.69) is 10.6 Å². The maximum Gasteiger partial charge on any atom is 0.336 e. The van der Waals surface area contributed by atoms with E-state index >= 15 is 0 Å². The summed E-state index contributed by atoms with van der Waals surface area (Å²) in [5.74, 6) is -9.54. The normalized spacial score (nSPS) is 20.5. The van der Waals surface area contributed by atoms with E-state index in [1.807, 2.05) is 0 Å². The second kappa shape index (κ2) is 16.0. The van der Waals surface area contributed by atoms with E-state index in [9.17, 15) is 54.3 Å². The van der Waals surface area contributed by atoms with Crippen LogP contribution in [0.1, 0.15) is 86.0 Å². The minimum absolute atomic E-state index is 0.0829. The molecule has 54 heavy (non-hydrogen) atoms. The van der Waals surface area contributed by atoms with Crippen LogP contribution >= 0.6 is 0 Å². The lowest BCUT2D eigenvalue weighted by molar-refractivity contribution is -0.137. The zero-order valence-corrected chi connectivity index (χ0v) is 29.3. The summed E-state index contributed by atoms with van der Waals surface area (Å²) < 4.78 is 122. The number of halogens is 8. The van der Waals surface area contributed by atoms with E-state index in [0.717, 1.165) is 40.2 Å². The Labute approximate surface area is 303 Å². The lowest BCUT2D eigenvalue weighted by Gasteiger charge is -2.30. The third-order valence-electron chi connectivity index (χ3n) is 9.61. The summed E-state index contributed by atoms with van der Waals surface area (Å²) in [6.45, 7) is -0.0665. The molecule has 4 atom stereocenters. The summed E-state index contributed by atoms with van der Waals surface area (Å²) in [6.07, 6.45) is -2.96. The van der Waals surface area contributed by atoms with Gasteiger partial charge < -0.3 is 20.1 Å². The Morgan fingerprint density at radius 2 is 1.02 bits per heavy atom. The van der Waals surface area contributed by atoms with Gasteiger partial charge in [-0.25, -0.2) is 44.7 Å². The quantitative estimate of drug-likeness (QED) is 0.212. The highest BCUT2D eigenvalue weighted by atomic mass is 19.2. The second-order valence-electron chi connectivity index (χ2n) is 12.8. The molecule has 2 aromatic carbocycles. The van der Waals surface area contributed by atoms with Crippen molar-refractivity contribution in [1.82, 2.24) is 10.6 Å². The van der Waals surface area contributed by atoms with Crippen molar-refractivity contribution >= 4 is 23.5 Å². The Morgan fingerprint density at radius 3 is 1.31 bits per heavy atom. The van der Waals surface area contributed by atoms with E-state index < -0.39 is 83.9 Å². The number of hydrogen-bond donors (Lipinski definition) is 2. The topological polar surface area (TPSA) is 111 Å². The molecule has 0 radical (unpaired) electrons. The predicted octanol–water partition coefficient (Wildman–Crippen LogP) is 7.39. The minimum Gasteiger partial charge on any atom is -0.466 e. The van der Waals surface area contributed by atoms with Crippen molar-refractivity contribution < 1.29 is 63.8 Å². The average Bonchev–Trinajstić information content (AvgIpc) is 3.69. The molecule has 2 aliphatic heterocycles. The van der Waals surface area contributed by atoms with Crippen molar-refractivity contribution in [3.63, 3.8) is 0 Å². The molecule has 16 heteroatoms. The van der Waals surface area contributed by atoms with Gasteiger partial charge in [-0.05, 0) is 49.9 Å². The van der Waals surface area contributed by atoms with Crippen molar-refractivity contribution in [3.8, 4) is 0 Å². The van der Waals surface area contributed by atoms with Gasteiger partial charge in [0, 0.05) is 70.5 Å². The summed E-state index contributed by atoms with van der Waals surface area (Å²) >= 11 is 0. The molecule has 4 aliphatic rings. The maximum atomic E-state index is 14.3. The molecule has 0 saturated heterocycles. The zero-order chi connectivity index (χ0) is 39.8. The number of alkyl halides is 4. The van der Waals surface area contributed by atoms with Gasteiger partial charge >= 0.3 is 11.9 Å². The summed E-state index contributed by atoms with van der Waals surface area (Å²) in [5, 5.41) is 5.44. The van der Waals surface area contributed by atoms with Gasteiger partial charge in [-0.1, -0.05) is 0 Å². The fourth-order valence-corrected chi connectivity index (χ4v) is 7.48. The van der Waals surface area contributed by atoms with Crippen LogP contribution in [0.25, 0.3) is 0 Å². The molecule has 0 fully saturated rings. The number of carbonyl (C=O) groups excluding carboxylic acids is 4. The molecule has 2 aromatic rings. The molecule has 0 spiro atoms. The number of hydrogen-bond acceptors (Lipinski definition) is 8. The van der Waals surface area contributed by atoms with Crippen LogP contribution in [0.15, 0.2) is 69.3 Å². The molecule has 2 aliphatic carbocycles. The molecule has 8 nitrogen and oxygen atoms in total. The lowest BCUT2D eigenvalue weighted by Crippen LogP contribution is -2.32. The molecule has 6 rings (SSSR count). The van der Waals surface area contributed by atoms with Crippen LogP contribution in [0, 0.1) is 23.3 Å². The van der Waals surface area contributed by atoms with Crippen LogP contribution in [-0.2, 0) is 28.7 Å². The van der Waals surface area contributed by atoms with Crippen LogP contribution in [-0.4, -0.2) is 51.1 Å². The average molecular weight is 767 g/mol.